The summed E-state index contributed by atoms with van der Waals surface area (Å²) in [6.45, 7) is 7.38. The third-order valence-electron chi connectivity index (χ3n) is 4.99. The minimum atomic E-state index is -0.0833. The first-order chi connectivity index (χ1) is 9.02. The Kier molecular flexibility index (Phi) is 3.27. The summed E-state index contributed by atoms with van der Waals surface area (Å²) in [6.07, 6.45) is 8.25. The van der Waals surface area contributed by atoms with Crippen LogP contribution in [0.1, 0.15) is 40.0 Å². The molecule has 3 aliphatic rings. The van der Waals surface area contributed by atoms with Gasteiger partial charge < -0.3 is 14.2 Å². The first-order valence-electron chi connectivity index (χ1n) is 7.33. The molecule has 1 saturated carbocycles. The summed E-state index contributed by atoms with van der Waals surface area (Å²) in [5.41, 5.74) is 1.30. The molecule has 5 atom stereocenters. The Morgan fingerprint density at radius 2 is 2.21 bits per heavy atom. The van der Waals surface area contributed by atoms with Crippen LogP contribution < -0.4 is 0 Å². The lowest BCUT2D eigenvalue weighted by atomic mass is 9.69. The minimum absolute atomic E-state index is 0.0316. The molecule has 2 saturated heterocycles. The van der Waals surface area contributed by atoms with E-state index in [0.717, 1.165) is 25.9 Å². The second-order valence-corrected chi connectivity index (χ2v) is 6.61. The lowest BCUT2D eigenvalue weighted by Gasteiger charge is -2.38. The first-order valence-corrected chi connectivity index (χ1v) is 7.33. The fourth-order valence-corrected chi connectivity index (χ4v) is 3.75. The van der Waals surface area contributed by atoms with E-state index in [1.807, 2.05) is 0 Å². The lowest BCUT2D eigenvalue weighted by molar-refractivity contribution is -0.0229. The van der Waals surface area contributed by atoms with Crippen LogP contribution in [0.5, 0.6) is 0 Å². The molecule has 0 aromatic heterocycles. The van der Waals surface area contributed by atoms with Crippen LogP contribution in [0, 0.1) is 12.3 Å². The summed E-state index contributed by atoms with van der Waals surface area (Å²) in [6, 6.07) is 0. The van der Waals surface area contributed by atoms with E-state index in [9.17, 15) is 0 Å². The van der Waals surface area contributed by atoms with Gasteiger partial charge >= 0.3 is 0 Å². The van der Waals surface area contributed by atoms with Crippen molar-refractivity contribution in [3.05, 3.63) is 18.1 Å². The molecule has 3 nitrogen and oxygen atoms in total. The second kappa shape index (κ2) is 4.57. The van der Waals surface area contributed by atoms with Crippen LogP contribution in [0.4, 0.5) is 0 Å². The van der Waals surface area contributed by atoms with Crippen molar-refractivity contribution in [2.24, 2.45) is 5.92 Å². The minimum Gasteiger partial charge on any atom is -0.381 e. The average Bonchev–Trinajstić information content (AvgIpc) is 3.26. The summed E-state index contributed by atoms with van der Waals surface area (Å²) in [5.74, 6) is 0.342. The van der Waals surface area contributed by atoms with Crippen molar-refractivity contribution < 1.29 is 14.2 Å². The number of methoxy groups -OCH3 is 1. The van der Waals surface area contributed by atoms with E-state index in [-0.39, 0.29) is 17.3 Å². The van der Waals surface area contributed by atoms with Gasteiger partial charge in [-0.1, -0.05) is 11.6 Å². The highest BCUT2D eigenvalue weighted by Gasteiger charge is 2.70. The number of hydrogen-bond acceptors (Lipinski definition) is 3. The molecule has 1 radical (unpaired) electrons. The van der Waals surface area contributed by atoms with Gasteiger partial charge in [0.05, 0.1) is 24.4 Å². The molecule has 1 aliphatic carbocycles. The van der Waals surface area contributed by atoms with Gasteiger partial charge in [-0.25, -0.2) is 0 Å². The Bertz CT molecular complexity index is 381. The van der Waals surface area contributed by atoms with Crippen molar-refractivity contribution in [2.45, 2.75) is 63.4 Å². The van der Waals surface area contributed by atoms with E-state index in [0.29, 0.717) is 12.0 Å². The van der Waals surface area contributed by atoms with E-state index in [4.69, 9.17) is 14.2 Å². The molecular formula is C16H25O3. The molecule has 3 rings (SSSR count). The molecule has 19 heavy (non-hydrogen) atoms. The molecule has 107 valence electrons. The number of rotatable bonds is 4. The zero-order chi connectivity index (χ0) is 13.7. The zero-order valence-corrected chi connectivity index (χ0v) is 12.4. The molecule has 0 aromatic rings. The highest BCUT2D eigenvalue weighted by Crippen LogP contribution is 2.59. The number of allylic oxidation sites excluding steroid dienone is 1. The van der Waals surface area contributed by atoms with E-state index in [2.05, 4.69) is 33.3 Å². The third kappa shape index (κ3) is 2.26. The standard InChI is InChI=1S/C16H25O3/c1-11(2)7-8-13-15(3,19-13)14-12(17-4)6-5-9-16(14)10-18-16/h6-7,12-14H,5,8-10H2,1-4H3. The van der Waals surface area contributed by atoms with Gasteiger partial charge in [0.2, 0.25) is 0 Å². The smallest absolute Gasteiger partial charge is 0.100 e. The Morgan fingerprint density at radius 3 is 2.79 bits per heavy atom. The van der Waals surface area contributed by atoms with Crippen LogP contribution in [-0.4, -0.2) is 37.1 Å². The van der Waals surface area contributed by atoms with Crippen molar-refractivity contribution in [3.8, 4) is 0 Å². The molecule has 0 aromatic carbocycles. The van der Waals surface area contributed by atoms with Crippen molar-refractivity contribution in [1.82, 2.24) is 0 Å². The highest BCUT2D eigenvalue weighted by molar-refractivity contribution is 5.21. The molecule has 0 bridgehead atoms. The number of ether oxygens (including phenoxy) is 3. The maximum Gasteiger partial charge on any atom is 0.100 e. The van der Waals surface area contributed by atoms with Crippen molar-refractivity contribution in [1.29, 1.82) is 0 Å². The summed E-state index contributed by atoms with van der Waals surface area (Å²) >= 11 is 0. The maximum absolute atomic E-state index is 6.08. The molecule has 3 fully saturated rings. The molecule has 2 heterocycles. The molecule has 1 spiro atoms. The third-order valence-corrected chi connectivity index (χ3v) is 4.99. The maximum atomic E-state index is 6.08. The van der Waals surface area contributed by atoms with Crippen LogP contribution in [0.2, 0.25) is 0 Å². The van der Waals surface area contributed by atoms with Gasteiger partial charge in [0.1, 0.15) is 5.60 Å². The first kappa shape index (κ1) is 13.6. The molecular weight excluding hydrogens is 240 g/mol. The fraction of sp³-hybridized carbons (Fsp3) is 0.812. The quantitative estimate of drug-likeness (QED) is 0.579. The van der Waals surface area contributed by atoms with Crippen LogP contribution in [0.15, 0.2) is 11.6 Å². The number of epoxide rings is 2. The van der Waals surface area contributed by atoms with Crippen molar-refractivity contribution >= 4 is 0 Å². The fourth-order valence-electron chi connectivity index (χ4n) is 3.75. The second-order valence-electron chi connectivity index (χ2n) is 6.61. The van der Waals surface area contributed by atoms with E-state index in [1.165, 1.54) is 5.57 Å². The molecule has 0 amide bonds. The molecule has 3 heteroatoms. The summed E-state index contributed by atoms with van der Waals surface area (Å²) in [7, 11) is 1.80. The topological polar surface area (TPSA) is 34.3 Å². The van der Waals surface area contributed by atoms with Gasteiger partial charge in [-0.2, -0.15) is 0 Å². The van der Waals surface area contributed by atoms with Gasteiger partial charge in [0.15, 0.2) is 0 Å². The van der Waals surface area contributed by atoms with Crippen LogP contribution in [0.25, 0.3) is 0 Å². The van der Waals surface area contributed by atoms with Gasteiger partial charge in [0, 0.05) is 13.0 Å². The Hall–Kier alpha value is -0.380. The predicted molar refractivity (Wildman–Crippen MR) is 73.8 cm³/mol. The molecule has 2 aliphatic heterocycles. The van der Waals surface area contributed by atoms with Crippen LogP contribution >= 0.6 is 0 Å². The Morgan fingerprint density at radius 1 is 1.47 bits per heavy atom. The summed E-state index contributed by atoms with van der Waals surface area (Å²) < 4.78 is 17.6. The average molecular weight is 265 g/mol. The highest BCUT2D eigenvalue weighted by atomic mass is 16.6. The van der Waals surface area contributed by atoms with Gasteiger partial charge in [-0.3, -0.25) is 0 Å². The summed E-state index contributed by atoms with van der Waals surface area (Å²) in [5, 5.41) is 0. The Labute approximate surface area is 116 Å². The lowest BCUT2D eigenvalue weighted by Crippen LogP contribution is -2.49. The van der Waals surface area contributed by atoms with E-state index < -0.39 is 0 Å². The van der Waals surface area contributed by atoms with Gasteiger partial charge in [0.25, 0.3) is 0 Å². The molecule has 0 N–H and O–H groups in total. The monoisotopic (exact) mass is 265 g/mol. The van der Waals surface area contributed by atoms with E-state index in [1.54, 1.807) is 7.11 Å². The van der Waals surface area contributed by atoms with E-state index >= 15 is 0 Å². The SMILES string of the molecule is COC1[CH]CCC2(CO2)C1C1(C)OC1CC=C(C)C. The Balaban J connectivity index is 1.74. The predicted octanol–water partition coefficient (Wildman–Crippen LogP) is 2.90. The van der Waals surface area contributed by atoms with Gasteiger partial charge in [-0.15, -0.1) is 0 Å². The van der Waals surface area contributed by atoms with Crippen LogP contribution in [-0.2, 0) is 14.2 Å². The van der Waals surface area contributed by atoms with Crippen molar-refractivity contribution in [2.75, 3.05) is 13.7 Å². The van der Waals surface area contributed by atoms with Crippen LogP contribution in [0.3, 0.4) is 0 Å². The summed E-state index contributed by atoms with van der Waals surface area (Å²) in [4.78, 5) is 0. The zero-order valence-electron chi connectivity index (χ0n) is 12.4. The van der Waals surface area contributed by atoms with Crippen molar-refractivity contribution in [3.63, 3.8) is 0 Å². The van der Waals surface area contributed by atoms with Gasteiger partial charge in [-0.05, 0) is 46.5 Å². The normalized spacial score (nSPS) is 48.1. The molecule has 5 unspecified atom stereocenters. The number of hydrogen-bond donors (Lipinski definition) is 0. The largest absolute Gasteiger partial charge is 0.381 e.